The average Bonchev–Trinajstić information content (AvgIpc) is 2.30. The summed E-state index contributed by atoms with van der Waals surface area (Å²) in [4.78, 5) is 22.5. The lowest BCUT2D eigenvalue weighted by atomic mass is 9.98. The zero-order chi connectivity index (χ0) is 13.3. The fraction of sp³-hybridized carbons (Fsp3) is 0.818. The molecular formula is C11H22N2O4. The Labute approximate surface area is 102 Å². The predicted octanol–water partition coefficient (Wildman–Crippen LogP) is -0.0180. The van der Waals surface area contributed by atoms with Crippen molar-refractivity contribution in [1.82, 2.24) is 10.6 Å². The third kappa shape index (κ3) is 6.23. The van der Waals surface area contributed by atoms with Crippen LogP contribution in [0.25, 0.3) is 0 Å². The number of methoxy groups -OCH3 is 1. The van der Waals surface area contributed by atoms with Gasteiger partial charge < -0.3 is 15.2 Å². The molecule has 0 aliphatic carbocycles. The molecule has 0 fully saturated rings. The van der Waals surface area contributed by atoms with Gasteiger partial charge in [-0.2, -0.15) is 0 Å². The van der Waals surface area contributed by atoms with Gasteiger partial charge in [0, 0.05) is 20.3 Å². The second kappa shape index (κ2) is 8.03. The number of amides is 1. The van der Waals surface area contributed by atoms with Gasteiger partial charge in [-0.05, 0) is 19.8 Å². The van der Waals surface area contributed by atoms with E-state index < -0.39 is 11.5 Å². The molecule has 1 amide bonds. The molecule has 0 radical (unpaired) electrons. The van der Waals surface area contributed by atoms with Gasteiger partial charge in [-0.3, -0.25) is 14.9 Å². The third-order valence-corrected chi connectivity index (χ3v) is 2.49. The van der Waals surface area contributed by atoms with E-state index in [1.165, 1.54) is 7.11 Å². The Balaban J connectivity index is 4.17. The molecule has 100 valence electrons. The smallest absolute Gasteiger partial charge is 0.323 e. The molecule has 0 aliphatic rings. The molecule has 0 aromatic rings. The number of carboxylic acids is 1. The van der Waals surface area contributed by atoms with E-state index in [2.05, 4.69) is 10.6 Å². The zero-order valence-corrected chi connectivity index (χ0v) is 10.7. The maximum absolute atomic E-state index is 11.3. The van der Waals surface area contributed by atoms with Crippen molar-refractivity contribution in [2.75, 3.05) is 26.8 Å². The van der Waals surface area contributed by atoms with Crippen LogP contribution >= 0.6 is 0 Å². The Morgan fingerprint density at radius 2 is 2.06 bits per heavy atom. The molecule has 0 rings (SSSR count). The van der Waals surface area contributed by atoms with Crippen LogP contribution in [-0.4, -0.2) is 49.3 Å². The second-order valence-electron chi connectivity index (χ2n) is 4.08. The van der Waals surface area contributed by atoms with Gasteiger partial charge in [0.2, 0.25) is 5.91 Å². The molecule has 0 aromatic carbocycles. The normalized spacial score (nSPS) is 14.1. The molecule has 0 aliphatic heterocycles. The zero-order valence-electron chi connectivity index (χ0n) is 10.7. The second-order valence-corrected chi connectivity index (χ2v) is 4.08. The lowest BCUT2D eigenvalue weighted by molar-refractivity contribution is -0.145. The van der Waals surface area contributed by atoms with Gasteiger partial charge in [0.05, 0.1) is 6.54 Å². The SMILES string of the molecule is CCCNC(=O)CNC(C)(CCOC)C(=O)O. The van der Waals surface area contributed by atoms with Crippen molar-refractivity contribution >= 4 is 11.9 Å². The first-order chi connectivity index (χ1) is 7.96. The highest BCUT2D eigenvalue weighted by molar-refractivity contribution is 5.81. The minimum Gasteiger partial charge on any atom is -0.480 e. The fourth-order valence-corrected chi connectivity index (χ4v) is 1.18. The maximum atomic E-state index is 11.3. The van der Waals surface area contributed by atoms with Gasteiger partial charge >= 0.3 is 5.97 Å². The number of rotatable bonds is 9. The summed E-state index contributed by atoms with van der Waals surface area (Å²) in [6.07, 6.45) is 1.16. The largest absolute Gasteiger partial charge is 0.480 e. The quantitative estimate of drug-likeness (QED) is 0.532. The number of ether oxygens (including phenoxy) is 1. The van der Waals surface area contributed by atoms with Crippen molar-refractivity contribution in [2.24, 2.45) is 0 Å². The van der Waals surface area contributed by atoms with Crippen molar-refractivity contribution in [3.63, 3.8) is 0 Å². The van der Waals surface area contributed by atoms with E-state index in [0.29, 0.717) is 19.6 Å². The molecule has 3 N–H and O–H groups in total. The standard InChI is InChI=1S/C11H22N2O4/c1-4-6-12-9(14)8-13-11(2,10(15)16)5-7-17-3/h13H,4-8H2,1-3H3,(H,12,14)(H,15,16). The first-order valence-electron chi connectivity index (χ1n) is 5.70. The molecule has 6 heteroatoms. The third-order valence-electron chi connectivity index (χ3n) is 2.49. The van der Waals surface area contributed by atoms with E-state index in [0.717, 1.165) is 6.42 Å². The lowest BCUT2D eigenvalue weighted by Crippen LogP contribution is -2.53. The molecule has 1 atom stereocenters. The number of hydrogen-bond donors (Lipinski definition) is 3. The van der Waals surface area contributed by atoms with Crippen LogP contribution in [0.15, 0.2) is 0 Å². The molecule has 0 heterocycles. The van der Waals surface area contributed by atoms with Gasteiger partial charge in [-0.1, -0.05) is 6.92 Å². The van der Waals surface area contributed by atoms with Crippen LogP contribution < -0.4 is 10.6 Å². The Bertz CT molecular complexity index is 258. The van der Waals surface area contributed by atoms with Crippen LogP contribution in [0, 0.1) is 0 Å². The Morgan fingerprint density at radius 1 is 1.41 bits per heavy atom. The highest BCUT2D eigenvalue weighted by Crippen LogP contribution is 2.09. The molecule has 0 spiro atoms. The monoisotopic (exact) mass is 246 g/mol. The summed E-state index contributed by atoms with van der Waals surface area (Å²) in [5.74, 6) is -1.19. The molecule has 1 unspecified atom stereocenters. The van der Waals surface area contributed by atoms with Gasteiger partial charge in [-0.25, -0.2) is 0 Å². The Kier molecular flexibility index (Phi) is 7.49. The highest BCUT2D eigenvalue weighted by Gasteiger charge is 2.32. The van der Waals surface area contributed by atoms with Crippen molar-refractivity contribution in [3.8, 4) is 0 Å². The van der Waals surface area contributed by atoms with E-state index in [-0.39, 0.29) is 12.5 Å². The minimum atomic E-state index is -1.14. The molecule has 0 saturated heterocycles. The van der Waals surface area contributed by atoms with E-state index in [4.69, 9.17) is 9.84 Å². The van der Waals surface area contributed by atoms with Crippen molar-refractivity contribution in [3.05, 3.63) is 0 Å². The number of aliphatic carboxylic acids is 1. The summed E-state index contributed by atoms with van der Waals surface area (Å²) in [6, 6.07) is 0. The fourth-order valence-electron chi connectivity index (χ4n) is 1.18. The van der Waals surface area contributed by atoms with Gasteiger partial charge in [0.25, 0.3) is 0 Å². The first-order valence-corrected chi connectivity index (χ1v) is 5.70. The van der Waals surface area contributed by atoms with Gasteiger partial charge in [0.1, 0.15) is 5.54 Å². The number of carbonyl (C=O) groups excluding carboxylic acids is 1. The summed E-state index contributed by atoms with van der Waals surface area (Å²) in [5, 5.41) is 14.5. The molecule has 0 aromatic heterocycles. The molecule has 0 saturated carbocycles. The van der Waals surface area contributed by atoms with Crippen LogP contribution in [-0.2, 0) is 14.3 Å². The van der Waals surface area contributed by atoms with Gasteiger partial charge in [0.15, 0.2) is 0 Å². The number of nitrogens with one attached hydrogen (secondary N) is 2. The number of carbonyl (C=O) groups is 2. The summed E-state index contributed by atoms with van der Waals surface area (Å²) < 4.78 is 4.86. The van der Waals surface area contributed by atoms with E-state index in [1.807, 2.05) is 6.92 Å². The average molecular weight is 246 g/mol. The Hall–Kier alpha value is -1.14. The number of hydrogen-bond acceptors (Lipinski definition) is 4. The topological polar surface area (TPSA) is 87.7 Å². The highest BCUT2D eigenvalue weighted by atomic mass is 16.5. The van der Waals surface area contributed by atoms with E-state index in [1.54, 1.807) is 6.92 Å². The predicted molar refractivity (Wildman–Crippen MR) is 63.8 cm³/mol. The minimum absolute atomic E-state index is 0.00743. The van der Waals surface area contributed by atoms with Crippen LogP contribution in [0.1, 0.15) is 26.7 Å². The van der Waals surface area contributed by atoms with Crippen LogP contribution in [0.2, 0.25) is 0 Å². The molecule has 0 bridgehead atoms. The van der Waals surface area contributed by atoms with Crippen molar-refractivity contribution in [1.29, 1.82) is 0 Å². The van der Waals surface area contributed by atoms with Crippen LogP contribution in [0.5, 0.6) is 0 Å². The maximum Gasteiger partial charge on any atom is 0.323 e. The molecule has 6 nitrogen and oxygen atoms in total. The van der Waals surface area contributed by atoms with Gasteiger partial charge in [-0.15, -0.1) is 0 Å². The lowest BCUT2D eigenvalue weighted by Gasteiger charge is -2.25. The van der Waals surface area contributed by atoms with Crippen molar-refractivity contribution in [2.45, 2.75) is 32.2 Å². The van der Waals surface area contributed by atoms with E-state index in [9.17, 15) is 9.59 Å². The number of carboxylic acid groups (broad SMARTS) is 1. The molecule has 17 heavy (non-hydrogen) atoms. The van der Waals surface area contributed by atoms with Crippen LogP contribution in [0.4, 0.5) is 0 Å². The van der Waals surface area contributed by atoms with Crippen LogP contribution in [0.3, 0.4) is 0 Å². The van der Waals surface area contributed by atoms with Crippen molar-refractivity contribution < 1.29 is 19.4 Å². The molecular weight excluding hydrogens is 224 g/mol. The summed E-state index contributed by atoms with van der Waals surface area (Å²) in [6.45, 7) is 4.41. The summed E-state index contributed by atoms with van der Waals surface area (Å²) in [5.41, 5.74) is -1.14. The summed E-state index contributed by atoms with van der Waals surface area (Å²) in [7, 11) is 1.51. The summed E-state index contributed by atoms with van der Waals surface area (Å²) >= 11 is 0. The van der Waals surface area contributed by atoms with E-state index >= 15 is 0 Å². The Morgan fingerprint density at radius 3 is 2.53 bits per heavy atom. The first kappa shape index (κ1) is 15.9.